The Bertz CT molecular complexity index is 903. The molecule has 4 heteroatoms. The van der Waals surface area contributed by atoms with Gasteiger partial charge in [-0.2, -0.15) is 0 Å². The van der Waals surface area contributed by atoms with E-state index in [0.29, 0.717) is 5.70 Å². The third-order valence-electron chi connectivity index (χ3n) is 3.61. The van der Waals surface area contributed by atoms with Crippen LogP contribution in [0, 0.1) is 0 Å². The molecule has 4 nitrogen and oxygen atoms in total. The van der Waals surface area contributed by atoms with Gasteiger partial charge in [-0.1, -0.05) is 36.9 Å². The van der Waals surface area contributed by atoms with E-state index in [2.05, 4.69) is 23.3 Å². The van der Waals surface area contributed by atoms with E-state index in [4.69, 9.17) is 9.98 Å². The fourth-order valence-corrected chi connectivity index (χ4v) is 2.44. The number of aromatic nitrogens is 2. The second-order valence-corrected chi connectivity index (χ2v) is 5.29. The van der Waals surface area contributed by atoms with E-state index in [1.165, 1.54) is 0 Å². The van der Waals surface area contributed by atoms with Gasteiger partial charge in [0.2, 0.25) is 0 Å². The molecule has 122 valence electrons. The number of hydrogen-bond acceptors (Lipinski definition) is 4. The summed E-state index contributed by atoms with van der Waals surface area (Å²) in [5, 5.41) is 0. The van der Waals surface area contributed by atoms with Gasteiger partial charge in [0.1, 0.15) is 0 Å². The number of nitrogens with zero attached hydrogens (tertiary/aromatic N) is 4. The van der Waals surface area contributed by atoms with Crippen LogP contribution in [0.4, 0.5) is 0 Å². The predicted octanol–water partition coefficient (Wildman–Crippen LogP) is 4.66. The molecule has 1 aliphatic heterocycles. The van der Waals surface area contributed by atoms with Gasteiger partial charge >= 0.3 is 0 Å². The van der Waals surface area contributed by atoms with Crippen LogP contribution in [0.3, 0.4) is 0 Å². The summed E-state index contributed by atoms with van der Waals surface area (Å²) in [4.78, 5) is 17.8. The predicted molar refractivity (Wildman–Crippen MR) is 104 cm³/mol. The summed E-state index contributed by atoms with van der Waals surface area (Å²) >= 11 is 0. The van der Waals surface area contributed by atoms with E-state index in [0.717, 1.165) is 34.9 Å². The van der Waals surface area contributed by atoms with Gasteiger partial charge in [0.25, 0.3) is 0 Å². The van der Waals surface area contributed by atoms with Crippen molar-refractivity contribution in [1.29, 1.82) is 0 Å². The first-order valence-electron chi connectivity index (χ1n) is 7.96. The van der Waals surface area contributed by atoms with E-state index in [9.17, 15) is 0 Å². The zero-order chi connectivity index (χ0) is 17.5. The molecule has 0 radical (unpaired) electrons. The number of rotatable bonds is 5. The normalized spacial score (nSPS) is 14.3. The second-order valence-electron chi connectivity index (χ2n) is 5.29. The number of aliphatic imine (C=N–C) groups is 2. The summed E-state index contributed by atoms with van der Waals surface area (Å²) in [6.07, 6.45) is 12.0. The fraction of sp³-hybridized carbons (Fsp3) is 0.0476. The highest BCUT2D eigenvalue weighted by atomic mass is 14.9. The SMILES string of the molecule is C=C/C=C(\N=C)C1=NC(c2cccc(-c3ccccn3)n2)=CCC=C1. The summed E-state index contributed by atoms with van der Waals surface area (Å²) in [5.41, 5.74) is 4.67. The third-order valence-corrected chi connectivity index (χ3v) is 3.61. The van der Waals surface area contributed by atoms with Gasteiger partial charge in [-0.25, -0.2) is 9.98 Å². The molecule has 0 amide bonds. The molecule has 0 saturated heterocycles. The van der Waals surface area contributed by atoms with Gasteiger partial charge in [0.15, 0.2) is 0 Å². The molecule has 0 N–H and O–H groups in total. The average molecular weight is 326 g/mol. The highest BCUT2D eigenvalue weighted by Crippen LogP contribution is 2.22. The van der Waals surface area contributed by atoms with Gasteiger partial charge < -0.3 is 0 Å². The molecule has 2 aromatic heterocycles. The first-order chi connectivity index (χ1) is 12.3. The van der Waals surface area contributed by atoms with Crippen LogP contribution in [0.1, 0.15) is 12.1 Å². The van der Waals surface area contributed by atoms with Crippen molar-refractivity contribution in [2.45, 2.75) is 6.42 Å². The van der Waals surface area contributed by atoms with Crippen molar-refractivity contribution < 1.29 is 0 Å². The first-order valence-corrected chi connectivity index (χ1v) is 7.96. The molecule has 0 aromatic carbocycles. The molecule has 0 aliphatic carbocycles. The van der Waals surface area contributed by atoms with Gasteiger partial charge in [0.05, 0.1) is 34.2 Å². The summed E-state index contributed by atoms with van der Waals surface area (Å²) in [6, 6.07) is 11.6. The van der Waals surface area contributed by atoms with E-state index >= 15 is 0 Å². The van der Waals surface area contributed by atoms with Crippen molar-refractivity contribution in [3.8, 4) is 11.4 Å². The maximum absolute atomic E-state index is 4.73. The lowest BCUT2D eigenvalue weighted by Crippen LogP contribution is -1.98. The lowest BCUT2D eigenvalue weighted by atomic mass is 10.2. The standard InChI is InChI=1S/C21H18N4/c1-3-9-16(22-2)18-11-4-5-12-20(24-18)21-14-8-13-19(25-21)17-10-6-7-15-23-17/h3-4,6-15H,1-2,5H2/b16-9-. The largest absolute Gasteiger partial charge is 0.262 e. The molecule has 1 aliphatic rings. The van der Waals surface area contributed by atoms with Crippen molar-refractivity contribution in [2.75, 3.05) is 0 Å². The van der Waals surface area contributed by atoms with Gasteiger partial charge in [-0.05, 0) is 49.6 Å². The molecule has 0 bridgehead atoms. The van der Waals surface area contributed by atoms with E-state index in [1.807, 2.05) is 54.6 Å². The Morgan fingerprint density at radius 3 is 2.68 bits per heavy atom. The Labute approximate surface area is 147 Å². The van der Waals surface area contributed by atoms with E-state index in [1.54, 1.807) is 18.3 Å². The van der Waals surface area contributed by atoms with Crippen LogP contribution < -0.4 is 0 Å². The molecular formula is C21H18N4. The number of allylic oxidation sites excluding steroid dienone is 5. The molecule has 3 heterocycles. The summed E-state index contributed by atoms with van der Waals surface area (Å²) in [5.74, 6) is 0. The van der Waals surface area contributed by atoms with Crippen LogP contribution >= 0.6 is 0 Å². The highest BCUT2D eigenvalue weighted by Gasteiger charge is 2.10. The number of hydrogen-bond donors (Lipinski definition) is 0. The zero-order valence-electron chi connectivity index (χ0n) is 13.8. The minimum atomic E-state index is 0.680. The fourth-order valence-electron chi connectivity index (χ4n) is 2.44. The average Bonchev–Trinajstić information content (AvgIpc) is 2.93. The Morgan fingerprint density at radius 2 is 1.92 bits per heavy atom. The highest BCUT2D eigenvalue weighted by molar-refractivity contribution is 6.11. The number of pyridine rings is 2. The molecule has 0 saturated carbocycles. The lowest BCUT2D eigenvalue weighted by Gasteiger charge is -2.06. The third kappa shape index (κ3) is 3.93. The molecule has 0 fully saturated rings. The van der Waals surface area contributed by atoms with Gasteiger partial charge in [-0.15, -0.1) is 0 Å². The zero-order valence-corrected chi connectivity index (χ0v) is 13.8. The van der Waals surface area contributed by atoms with Crippen molar-refractivity contribution in [2.24, 2.45) is 9.98 Å². The smallest absolute Gasteiger partial charge is 0.0894 e. The molecule has 0 spiro atoms. The van der Waals surface area contributed by atoms with Crippen molar-refractivity contribution in [1.82, 2.24) is 9.97 Å². The molecule has 0 atom stereocenters. The van der Waals surface area contributed by atoms with Crippen molar-refractivity contribution >= 4 is 18.1 Å². The molecule has 2 aromatic rings. The topological polar surface area (TPSA) is 50.5 Å². The van der Waals surface area contributed by atoms with Crippen molar-refractivity contribution in [3.05, 3.63) is 90.9 Å². The Balaban J connectivity index is 2.01. The monoisotopic (exact) mass is 326 g/mol. The maximum Gasteiger partial charge on any atom is 0.0894 e. The van der Waals surface area contributed by atoms with Crippen LogP contribution in [0.2, 0.25) is 0 Å². The minimum Gasteiger partial charge on any atom is -0.262 e. The summed E-state index contributed by atoms with van der Waals surface area (Å²) in [6.45, 7) is 7.32. The molecule has 3 rings (SSSR count). The lowest BCUT2D eigenvalue weighted by molar-refractivity contribution is 1.21. The summed E-state index contributed by atoms with van der Waals surface area (Å²) < 4.78 is 0. The molecule has 25 heavy (non-hydrogen) atoms. The van der Waals surface area contributed by atoms with Crippen LogP contribution in [-0.2, 0) is 0 Å². The van der Waals surface area contributed by atoms with E-state index < -0.39 is 0 Å². The van der Waals surface area contributed by atoms with Crippen LogP contribution in [0.5, 0.6) is 0 Å². The Morgan fingerprint density at radius 1 is 1.08 bits per heavy atom. The Kier molecular flexibility index (Phi) is 5.22. The minimum absolute atomic E-state index is 0.680. The second kappa shape index (κ2) is 7.93. The van der Waals surface area contributed by atoms with Crippen LogP contribution in [0.15, 0.2) is 95.2 Å². The van der Waals surface area contributed by atoms with Gasteiger partial charge in [0, 0.05) is 6.20 Å². The molecule has 0 unspecified atom stereocenters. The first kappa shape index (κ1) is 16.5. The van der Waals surface area contributed by atoms with E-state index in [-0.39, 0.29) is 0 Å². The van der Waals surface area contributed by atoms with Crippen LogP contribution in [-0.4, -0.2) is 22.4 Å². The summed E-state index contributed by atoms with van der Waals surface area (Å²) in [7, 11) is 0. The quantitative estimate of drug-likeness (QED) is 0.593. The van der Waals surface area contributed by atoms with Crippen LogP contribution in [0.25, 0.3) is 17.1 Å². The molecular weight excluding hydrogens is 308 g/mol. The maximum atomic E-state index is 4.73. The van der Waals surface area contributed by atoms with Crippen molar-refractivity contribution in [3.63, 3.8) is 0 Å². The van der Waals surface area contributed by atoms with Gasteiger partial charge in [-0.3, -0.25) is 9.98 Å². The Hall–Kier alpha value is -3.40.